The number of Topliss-reactive ketones (excluding diaryl/α,β-unsaturated/α-hetero) is 1. The molecule has 0 aromatic heterocycles. The number of carbonyl (C=O) groups excluding carboxylic acids is 1. The Morgan fingerprint density at radius 1 is 1.44 bits per heavy atom. The van der Waals surface area contributed by atoms with Crippen LogP contribution in [0, 0.1) is 0 Å². The zero-order chi connectivity index (χ0) is 12.3. The van der Waals surface area contributed by atoms with Gasteiger partial charge in [-0.1, -0.05) is 22.0 Å². The third-order valence-electron chi connectivity index (χ3n) is 2.12. The first-order valence-electron chi connectivity index (χ1n) is 4.53. The molecule has 1 aromatic carbocycles. The summed E-state index contributed by atoms with van der Waals surface area (Å²) < 4.78 is 4.94. The van der Waals surface area contributed by atoms with E-state index in [1.807, 2.05) is 0 Å². The predicted octanol–water partition coefficient (Wildman–Crippen LogP) is 2.42. The molecule has 1 unspecified atom stereocenters. The van der Waals surface area contributed by atoms with Gasteiger partial charge in [0.2, 0.25) is 0 Å². The highest BCUT2D eigenvalue weighted by Crippen LogP contribution is 2.29. The fourth-order valence-corrected chi connectivity index (χ4v) is 1.69. The summed E-state index contributed by atoms with van der Waals surface area (Å²) in [5.74, 6) is -0.781. The van der Waals surface area contributed by atoms with Crippen LogP contribution in [0.4, 0.5) is 0 Å². The van der Waals surface area contributed by atoms with Crippen LogP contribution in [0.5, 0.6) is 5.75 Å². The van der Waals surface area contributed by atoms with Crippen molar-refractivity contribution in [2.45, 2.75) is 11.8 Å². The van der Waals surface area contributed by atoms with Crippen LogP contribution >= 0.6 is 15.9 Å². The summed E-state index contributed by atoms with van der Waals surface area (Å²) in [5, 5.41) is 9.03. The third-order valence-corrected chi connectivity index (χ3v) is 3.26. The van der Waals surface area contributed by atoms with E-state index in [9.17, 15) is 9.59 Å². The van der Waals surface area contributed by atoms with Crippen molar-refractivity contribution in [3.8, 4) is 5.75 Å². The van der Waals surface area contributed by atoms with Gasteiger partial charge in [-0.05, 0) is 24.6 Å². The van der Waals surface area contributed by atoms with Gasteiger partial charge in [-0.2, -0.15) is 0 Å². The largest absolute Gasteiger partial charge is 0.497 e. The number of carboxylic acids is 1. The van der Waals surface area contributed by atoms with Crippen molar-refractivity contribution in [1.29, 1.82) is 0 Å². The second-order valence-corrected chi connectivity index (χ2v) is 4.15. The van der Waals surface area contributed by atoms with Gasteiger partial charge in [-0.3, -0.25) is 4.79 Å². The molecule has 0 saturated carbocycles. The smallest absolute Gasteiger partial charge is 0.336 e. The van der Waals surface area contributed by atoms with Crippen LogP contribution < -0.4 is 4.74 Å². The monoisotopic (exact) mass is 286 g/mol. The molecule has 0 saturated heterocycles. The summed E-state index contributed by atoms with van der Waals surface area (Å²) in [5.41, 5.74) is 0.497. The molecule has 0 aliphatic carbocycles. The van der Waals surface area contributed by atoms with E-state index in [1.54, 1.807) is 12.1 Å². The minimum Gasteiger partial charge on any atom is -0.497 e. The molecule has 0 fully saturated rings. The maximum absolute atomic E-state index is 11.2. The molecule has 0 radical (unpaired) electrons. The van der Waals surface area contributed by atoms with Crippen molar-refractivity contribution in [3.05, 3.63) is 29.3 Å². The van der Waals surface area contributed by atoms with E-state index in [1.165, 1.54) is 20.1 Å². The molecule has 0 amide bonds. The Hall–Kier alpha value is -1.36. The van der Waals surface area contributed by atoms with E-state index >= 15 is 0 Å². The molecule has 0 heterocycles. The Balaban J connectivity index is 3.28. The highest BCUT2D eigenvalue weighted by molar-refractivity contribution is 9.09. The number of aromatic carboxylic acids is 1. The van der Waals surface area contributed by atoms with Gasteiger partial charge in [-0.15, -0.1) is 0 Å². The van der Waals surface area contributed by atoms with Crippen molar-refractivity contribution in [2.75, 3.05) is 7.11 Å². The lowest BCUT2D eigenvalue weighted by molar-refractivity contribution is -0.116. The number of benzene rings is 1. The molecule has 4 nitrogen and oxygen atoms in total. The Labute approximate surface area is 101 Å². The Kier molecular flexibility index (Phi) is 4.06. The Morgan fingerprint density at radius 3 is 2.50 bits per heavy atom. The van der Waals surface area contributed by atoms with Gasteiger partial charge in [0, 0.05) is 0 Å². The third kappa shape index (κ3) is 2.61. The Bertz CT molecular complexity index is 428. The number of methoxy groups -OCH3 is 1. The first kappa shape index (κ1) is 12.7. The quantitative estimate of drug-likeness (QED) is 0.864. The maximum Gasteiger partial charge on any atom is 0.336 e. The molecule has 1 atom stereocenters. The lowest BCUT2D eigenvalue weighted by Gasteiger charge is -2.11. The van der Waals surface area contributed by atoms with Crippen LogP contribution in [0.25, 0.3) is 0 Å². The van der Waals surface area contributed by atoms with Crippen LogP contribution in [0.2, 0.25) is 0 Å². The summed E-state index contributed by atoms with van der Waals surface area (Å²) in [6, 6.07) is 4.59. The van der Waals surface area contributed by atoms with Gasteiger partial charge in [0.1, 0.15) is 11.5 Å². The van der Waals surface area contributed by atoms with Gasteiger partial charge >= 0.3 is 5.97 Å². The predicted molar refractivity (Wildman–Crippen MR) is 62.3 cm³/mol. The van der Waals surface area contributed by atoms with Crippen LogP contribution in [0.1, 0.15) is 27.7 Å². The lowest BCUT2D eigenvalue weighted by Crippen LogP contribution is -2.09. The fraction of sp³-hybridized carbons (Fsp3) is 0.273. The SMILES string of the molecule is COc1ccc(C(Br)C(C)=O)c(C(=O)O)c1. The van der Waals surface area contributed by atoms with Crippen molar-refractivity contribution >= 4 is 27.7 Å². The zero-order valence-electron chi connectivity index (χ0n) is 8.86. The number of ketones is 1. The van der Waals surface area contributed by atoms with E-state index in [0.29, 0.717) is 11.3 Å². The second kappa shape index (κ2) is 5.12. The maximum atomic E-state index is 11.2. The van der Waals surface area contributed by atoms with Crippen LogP contribution in [0.15, 0.2) is 18.2 Å². The number of rotatable bonds is 4. The molecule has 1 N–H and O–H groups in total. The number of carbonyl (C=O) groups is 2. The average Bonchev–Trinajstić information content (AvgIpc) is 2.26. The summed E-state index contributed by atoms with van der Waals surface area (Å²) in [6.07, 6.45) is 0. The number of alkyl halides is 1. The average molecular weight is 287 g/mol. The van der Waals surface area contributed by atoms with E-state index in [4.69, 9.17) is 9.84 Å². The highest BCUT2D eigenvalue weighted by Gasteiger charge is 2.20. The normalized spacial score (nSPS) is 11.9. The van der Waals surface area contributed by atoms with Crippen LogP contribution in [-0.4, -0.2) is 24.0 Å². The zero-order valence-corrected chi connectivity index (χ0v) is 10.4. The second-order valence-electron chi connectivity index (χ2n) is 3.23. The van der Waals surface area contributed by atoms with Crippen molar-refractivity contribution in [3.63, 3.8) is 0 Å². The van der Waals surface area contributed by atoms with Crippen molar-refractivity contribution in [2.24, 2.45) is 0 Å². The molecule has 1 rings (SSSR count). The van der Waals surface area contributed by atoms with Crippen molar-refractivity contribution in [1.82, 2.24) is 0 Å². The van der Waals surface area contributed by atoms with E-state index in [0.717, 1.165) is 0 Å². The highest BCUT2D eigenvalue weighted by atomic mass is 79.9. The summed E-state index contributed by atoms with van der Waals surface area (Å²) in [4.78, 5) is 21.6. The molecule has 16 heavy (non-hydrogen) atoms. The first-order chi connectivity index (χ1) is 7.47. The standard InChI is InChI=1S/C11H11BrO4/c1-6(13)10(12)8-4-3-7(16-2)5-9(8)11(14)15/h3-5,10H,1-2H3,(H,14,15). The molecule has 0 aliphatic heterocycles. The van der Waals surface area contributed by atoms with Crippen LogP contribution in [0.3, 0.4) is 0 Å². The number of ether oxygens (including phenoxy) is 1. The van der Waals surface area contributed by atoms with E-state index in [-0.39, 0.29) is 11.3 Å². The Morgan fingerprint density at radius 2 is 2.06 bits per heavy atom. The fourth-order valence-electron chi connectivity index (χ4n) is 1.29. The molecular weight excluding hydrogens is 276 g/mol. The van der Waals surface area contributed by atoms with Gasteiger partial charge in [0.05, 0.1) is 17.5 Å². The van der Waals surface area contributed by atoms with Gasteiger partial charge in [-0.25, -0.2) is 4.79 Å². The van der Waals surface area contributed by atoms with Gasteiger partial charge in [0.15, 0.2) is 0 Å². The molecule has 5 heteroatoms. The van der Waals surface area contributed by atoms with Gasteiger partial charge in [0.25, 0.3) is 0 Å². The van der Waals surface area contributed by atoms with E-state index < -0.39 is 10.8 Å². The summed E-state index contributed by atoms with van der Waals surface area (Å²) >= 11 is 3.16. The minimum absolute atomic E-state index is 0.0661. The lowest BCUT2D eigenvalue weighted by atomic mass is 10.0. The minimum atomic E-state index is -1.08. The molecule has 1 aromatic rings. The topological polar surface area (TPSA) is 63.6 Å². The van der Waals surface area contributed by atoms with Gasteiger partial charge < -0.3 is 9.84 Å². The summed E-state index contributed by atoms with van der Waals surface area (Å²) in [7, 11) is 1.46. The number of hydrogen-bond donors (Lipinski definition) is 1. The first-order valence-corrected chi connectivity index (χ1v) is 5.44. The van der Waals surface area contributed by atoms with Crippen molar-refractivity contribution < 1.29 is 19.4 Å². The molecule has 0 spiro atoms. The van der Waals surface area contributed by atoms with E-state index in [2.05, 4.69) is 15.9 Å². The molecule has 0 aliphatic rings. The molecule has 0 bridgehead atoms. The number of hydrogen-bond acceptors (Lipinski definition) is 3. The molecule has 86 valence electrons. The van der Waals surface area contributed by atoms with Crippen LogP contribution in [-0.2, 0) is 4.79 Å². The summed E-state index contributed by atoms with van der Waals surface area (Å²) in [6.45, 7) is 1.40. The molecular formula is C11H11BrO4. The number of halogens is 1. The number of carboxylic acid groups (broad SMARTS) is 1.